The van der Waals surface area contributed by atoms with E-state index in [1.54, 1.807) is 0 Å². The van der Waals surface area contributed by atoms with Crippen molar-refractivity contribution in [1.29, 1.82) is 0 Å². The first-order valence-corrected chi connectivity index (χ1v) is 9.39. The van der Waals surface area contributed by atoms with Gasteiger partial charge in [-0.25, -0.2) is 4.79 Å². The second-order valence-corrected chi connectivity index (χ2v) is 8.49. The monoisotopic (exact) mass is 445 g/mol. The molecule has 2 aliphatic rings. The van der Waals surface area contributed by atoms with Crippen molar-refractivity contribution in [2.45, 2.75) is 50.9 Å². The Kier molecular flexibility index (Phi) is 4.67. The van der Waals surface area contributed by atoms with Crippen LogP contribution in [0.5, 0.6) is 0 Å². The summed E-state index contributed by atoms with van der Waals surface area (Å²) < 4.78 is 6.60. The maximum absolute atomic E-state index is 12.4. The molecule has 1 saturated heterocycles. The van der Waals surface area contributed by atoms with E-state index < -0.39 is 5.54 Å². The highest BCUT2D eigenvalue weighted by molar-refractivity contribution is 14.1. The number of hydrogen-bond donors (Lipinski definition) is 0. The fraction of sp³-hybridized carbons (Fsp3) is 0.500. The van der Waals surface area contributed by atoms with E-state index in [1.807, 2.05) is 17.0 Å². The second kappa shape index (κ2) is 6.28. The number of carbonyl (C=O) groups is 1. The standard InChI is InChI=1S/C18H21ClINO2/c1-11(2)12(3)6-7-18-10-23-17(22)21(18)15-5-4-14(20)8-13(15)9-16(18)19/h4-5,8,16H,6-7,9-10H2,1-3H3. The number of hydrogen-bond acceptors (Lipinski definition) is 2. The molecular weight excluding hydrogens is 425 g/mol. The molecule has 0 aromatic heterocycles. The van der Waals surface area contributed by atoms with E-state index in [2.05, 4.69) is 49.4 Å². The van der Waals surface area contributed by atoms with Gasteiger partial charge >= 0.3 is 6.09 Å². The summed E-state index contributed by atoms with van der Waals surface area (Å²) in [6.45, 7) is 6.77. The number of benzene rings is 1. The van der Waals surface area contributed by atoms with Crippen molar-refractivity contribution in [3.63, 3.8) is 0 Å². The predicted molar refractivity (Wildman–Crippen MR) is 102 cm³/mol. The number of carbonyl (C=O) groups excluding carboxylic acids is 1. The highest BCUT2D eigenvalue weighted by Crippen LogP contribution is 2.46. The van der Waals surface area contributed by atoms with Gasteiger partial charge in [-0.1, -0.05) is 11.1 Å². The van der Waals surface area contributed by atoms with Crippen LogP contribution in [0.4, 0.5) is 10.5 Å². The van der Waals surface area contributed by atoms with Gasteiger partial charge in [0.25, 0.3) is 0 Å². The van der Waals surface area contributed by atoms with Gasteiger partial charge in [-0.15, -0.1) is 11.6 Å². The first-order chi connectivity index (χ1) is 10.8. The average molecular weight is 446 g/mol. The number of fused-ring (bicyclic) bond motifs is 3. The van der Waals surface area contributed by atoms with E-state index in [9.17, 15) is 4.79 Å². The molecule has 1 aromatic rings. The van der Waals surface area contributed by atoms with Gasteiger partial charge in [-0.2, -0.15) is 0 Å². The van der Waals surface area contributed by atoms with Gasteiger partial charge in [-0.05, 0) is 86.4 Å². The number of anilines is 1. The minimum atomic E-state index is -0.435. The number of allylic oxidation sites excluding steroid dienone is 2. The van der Waals surface area contributed by atoms with E-state index in [1.165, 1.54) is 11.1 Å². The molecule has 23 heavy (non-hydrogen) atoms. The van der Waals surface area contributed by atoms with E-state index in [0.717, 1.165) is 34.1 Å². The van der Waals surface area contributed by atoms with E-state index in [-0.39, 0.29) is 11.5 Å². The molecule has 124 valence electrons. The zero-order chi connectivity index (χ0) is 16.8. The molecule has 2 unspecified atom stereocenters. The van der Waals surface area contributed by atoms with Crippen LogP contribution in [-0.2, 0) is 11.2 Å². The number of rotatable bonds is 3. The lowest BCUT2D eigenvalue weighted by Gasteiger charge is -2.44. The summed E-state index contributed by atoms with van der Waals surface area (Å²) in [6.07, 6.45) is 2.26. The topological polar surface area (TPSA) is 29.5 Å². The Balaban J connectivity index is 2.00. The van der Waals surface area contributed by atoms with Crippen LogP contribution in [0.15, 0.2) is 29.3 Å². The normalized spacial score (nSPS) is 25.7. The summed E-state index contributed by atoms with van der Waals surface area (Å²) in [6, 6.07) is 6.17. The number of amides is 1. The molecule has 2 atom stereocenters. The van der Waals surface area contributed by atoms with Crippen LogP contribution in [0, 0.1) is 3.57 Å². The van der Waals surface area contributed by atoms with Crippen LogP contribution >= 0.6 is 34.2 Å². The van der Waals surface area contributed by atoms with Crippen LogP contribution in [0.2, 0.25) is 0 Å². The molecule has 1 aromatic carbocycles. The molecule has 2 aliphatic heterocycles. The molecule has 0 radical (unpaired) electrons. The number of alkyl halides is 1. The van der Waals surface area contributed by atoms with Gasteiger partial charge in [0.05, 0.1) is 11.1 Å². The van der Waals surface area contributed by atoms with Crippen LogP contribution in [0.25, 0.3) is 0 Å². The summed E-state index contributed by atoms with van der Waals surface area (Å²) >= 11 is 9.08. The lowest BCUT2D eigenvalue weighted by molar-refractivity contribution is 0.170. The minimum absolute atomic E-state index is 0.135. The van der Waals surface area contributed by atoms with Gasteiger partial charge in [-0.3, -0.25) is 4.90 Å². The van der Waals surface area contributed by atoms with Crippen LogP contribution in [-0.4, -0.2) is 23.6 Å². The van der Waals surface area contributed by atoms with Gasteiger partial charge in [0.15, 0.2) is 0 Å². The zero-order valence-electron chi connectivity index (χ0n) is 13.7. The lowest BCUT2D eigenvalue weighted by Crippen LogP contribution is -2.57. The molecule has 0 bridgehead atoms. The highest BCUT2D eigenvalue weighted by atomic mass is 127. The van der Waals surface area contributed by atoms with Gasteiger partial charge < -0.3 is 4.74 Å². The van der Waals surface area contributed by atoms with Gasteiger partial charge in [0.2, 0.25) is 0 Å². The lowest BCUT2D eigenvalue weighted by atomic mass is 9.80. The van der Waals surface area contributed by atoms with Crippen LogP contribution in [0.3, 0.4) is 0 Å². The molecule has 0 N–H and O–H groups in total. The second-order valence-electron chi connectivity index (χ2n) is 6.72. The summed E-state index contributed by atoms with van der Waals surface area (Å²) in [7, 11) is 0. The number of cyclic esters (lactones) is 1. The third-order valence-corrected chi connectivity index (χ3v) is 6.36. The maximum Gasteiger partial charge on any atom is 0.415 e. The van der Waals surface area contributed by atoms with E-state index in [0.29, 0.717) is 6.61 Å². The maximum atomic E-state index is 12.4. The Hall–Kier alpha value is -0.750. The number of nitrogens with zero attached hydrogens (tertiary/aromatic N) is 1. The fourth-order valence-electron chi connectivity index (χ4n) is 3.38. The largest absolute Gasteiger partial charge is 0.447 e. The third-order valence-electron chi connectivity index (χ3n) is 5.12. The summed E-state index contributed by atoms with van der Waals surface area (Å²) in [4.78, 5) is 14.2. The van der Waals surface area contributed by atoms with Gasteiger partial charge in [0.1, 0.15) is 12.1 Å². The quantitative estimate of drug-likeness (QED) is 0.360. The van der Waals surface area contributed by atoms with Crippen molar-refractivity contribution < 1.29 is 9.53 Å². The van der Waals surface area contributed by atoms with Crippen LogP contribution in [0.1, 0.15) is 39.2 Å². The minimum Gasteiger partial charge on any atom is -0.447 e. The molecule has 0 aliphatic carbocycles. The molecule has 0 spiro atoms. The summed E-state index contributed by atoms with van der Waals surface area (Å²) in [5, 5.41) is -0.135. The Morgan fingerprint density at radius 2 is 2.17 bits per heavy atom. The Labute approximate surface area is 156 Å². The summed E-state index contributed by atoms with van der Waals surface area (Å²) in [5.74, 6) is 0. The highest BCUT2D eigenvalue weighted by Gasteiger charge is 2.55. The van der Waals surface area contributed by atoms with Crippen molar-refractivity contribution in [3.05, 3.63) is 38.5 Å². The molecule has 0 saturated carbocycles. The Bertz CT molecular complexity index is 684. The van der Waals surface area contributed by atoms with Crippen LogP contribution < -0.4 is 4.90 Å². The molecule has 1 fully saturated rings. The average Bonchev–Trinajstić information content (AvgIpc) is 2.84. The molecular formula is C18H21ClINO2. The number of ether oxygens (including phenoxy) is 1. The van der Waals surface area contributed by atoms with Crippen molar-refractivity contribution in [1.82, 2.24) is 0 Å². The Morgan fingerprint density at radius 3 is 2.87 bits per heavy atom. The molecule has 1 amide bonds. The fourth-order valence-corrected chi connectivity index (χ4v) is 4.37. The van der Waals surface area contributed by atoms with Crippen molar-refractivity contribution in [3.8, 4) is 0 Å². The first-order valence-electron chi connectivity index (χ1n) is 7.87. The molecule has 3 nitrogen and oxygen atoms in total. The third kappa shape index (κ3) is 2.88. The zero-order valence-corrected chi connectivity index (χ0v) is 16.6. The van der Waals surface area contributed by atoms with Crippen molar-refractivity contribution >= 4 is 46.0 Å². The number of halogens is 2. The summed E-state index contributed by atoms with van der Waals surface area (Å²) in [5.41, 5.74) is 4.34. The SMILES string of the molecule is CC(C)=C(C)CCC12COC(=O)N1c1ccc(I)cc1CC2Cl. The molecule has 3 rings (SSSR count). The predicted octanol–water partition coefficient (Wildman–Crippen LogP) is 5.29. The molecule has 5 heteroatoms. The van der Waals surface area contributed by atoms with Crippen molar-refractivity contribution in [2.75, 3.05) is 11.5 Å². The smallest absolute Gasteiger partial charge is 0.415 e. The van der Waals surface area contributed by atoms with E-state index >= 15 is 0 Å². The molecule has 2 heterocycles. The van der Waals surface area contributed by atoms with Crippen molar-refractivity contribution in [2.24, 2.45) is 0 Å². The van der Waals surface area contributed by atoms with E-state index in [4.69, 9.17) is 16.3 Å². The van der Waals surface area contributed by atoms with Gasteiger partial charge in [0, 0.05) is 3.57 Å². The first kappa shape index (κ1) is 17.1. The Morgan fingerprint density at radius 1 is 1.43 bits per heavy atom.